The summed E-state index contributed by atoms with van der Waals surface area (Å²) in [7, 11) is 1.64. The molecular formula is C32H30BrNO5. The van der Waals surface area contributed by atoms with Gasteiger partial charge in [-0.05, 0) is 66.8 Å². The van der Waals surface area contributed by atoms with Crippen LogP contribution in [0.4, 0.5) is 0 Å². The van der Waals surface area contributed by atoms with Crippen LogP contribution in [0.15, 0.2) is 106 Å². The fraction of sp³-hybridized carbons (Fsp3) is 0.250. The Bertz CT molecular complexity index is 1430. The van der Waals surface area contributed by atoms with Crippen LogP contribution in [-0.2, 0) is 14.3 Å². The normalized spacial score (nSPS) is 18.8. The fourth-order valence-corrected chi connectivity index (χ4v) is 5.75. The second kappa shape index (κ2) is 11.9. The minimum Gasteiger partial charge on any atom is -0.497 e. The number of ether oxygens (including phenoxy) is 3. The van der Waals surface area contributed by atoms with E-state index in [1.165, 1.54) is 0 Å². The molecule has 6 nitrogen and oxygen atoms in total. The molecule has 1 aliphatic carbocycles. The minimum atomic E-state index is -0.523. The Kier molecular flexibility index (Phi) is 8.17. The maximum atomic E-state index is 13.8. The van der Waals surface area contributed by atoms with E-state index in [0.717, 1.165) is 27.0 Å². The van der Waals surface area contributed by atoms with Gasteiger partial charge in [-0.3, -0.25) is 4.79 Å². The lowest BCUT2D eigenvalue weighted by atomic mass is 9.72. The number of dihydropyridines is 1. The first kappa shape index (κ1) is 26.8. The molecule has 1 N–H and O–H groups in total. The van der Waals surface area contributed by atoms with Crippen LogP contribution in [0.25, 0.3) is 0 Å². The van der Waals surface area contributed by atoms with Gasteiger partial charge in [-0.2, -0.15) is 0 Å². The molecule has 0 saturated carbocycles. The van der Waals surface area contributed by atoms with Crippen molar-refractivity contribution < 1.29 is 23.8 Å². The lowest BCUT2D eigenvalue weighted by molar-refractivity contribution is -0.140. The van der Waals surface area contributed by atoms with E-state index in [-0.39, 0.29) is 24.9 Å². The molecule has 0 bridgehead atoms. The Morgan fingerprint density at radius 3 is 2.41 bits per heavy atom. The highest BCUT2D eigenvalue weighted by atomic mass is 79.9. The summed E-state index contributed by atoms with van der Waals surface area (Å²) in [4.78, 5) is 27.2. The van der Waals surface area contributed by atoms with Crippen LogP contribution in [0, 0.1) is 0 Å². The van der Waals surface area contributed by atoms with Crippen LogP contribution in [0.1, 0.15) is 42.7 Å². The number of rotatable bonds is 8. The predicted molar refractivity (Wildman–Crippen MR) is 153 cm³/mol. The van der Waals surface area contributed by atoms with Crippen LogP contribution >= 0.6 is 15.9 Å². The molecule has 3 aromatic rings. The molecule has 1 aliphatic heterocycles. The van der Waals surface area contributed by atoms with E-state index < -0.39 is 11.9 Å². The molecule has 2 atom stereocenters. The smallest absolute Gasteiger partial charge is 0.336 e. The summed E-state index contributed by atoms with van der Waals surface area (Å²) in [6.07, 6.45) is 1.03. The van der Waals surface area contributed by atoms with Crippen LogP contribution in [0.2, 0.25) is 0 Å². The second-order valence-electron chi connectivity index (χ2n) is 9.64. The number of Topliss-reactive ketones (excluding diaryl/α,β-unsaturated/α-hetero) is 1. The quantitative estimate of drug-likeness (QED) is 0.241. The number of nitrogens with one attached hydrogen (secondary N) is 1. The van der Waals surface area contributed by atoms with Gasteiger partial charge in [0.05, 0.1) is 12.7 Å². The van der Waals surface area contributed by atoms with E-state index in [9.17, 15) is 9.59 Å². The zero-order valence-electron chi connectivity index (χ0n) is 21.9. The number of allylic oxidation sites excluding steroid dienone is 3. The summed E-state index contributed by atoms with van der Waals surface area (Å²) in [5.41, 5.74) is 4.58. The molecule has 7 heteroatoms. The van der Waals surface area contributed by atoms with Crippen molar-refractivity contribution in [1.29, 1.82) is 0 Å². The molecule has 39 heavy (non-hydrogen) atoms. The highest BCUT2D eigenvalue weighted by Crippen LogP contribution is 2.46. The van der Waals surface area contributed by atoms with E-state index in [4.69, 9.17) is 14.2 Å². The highest BCUT2D eigenvalue weighted by molar-refractivity contribution is 9.10. The summed E-state index contributed by atoms with van der Waals surface area (Å²) >= 11 is 3.55. The molecule has 200 valence electrons. The average molecular weight is 588 g/mol. The predicted octanol–water partition coefficient (Wildman–Crippen LogP) is 6.44. The van der Waals surface area contributed by atoms with Crippen molar-refractivity contribution in [2.75, 3.05) is 20.3 Å². The maximum Gasteiger partial charge on any atom is 0.336 e. The van der Waals surface area contributed by atoms with Crippen molar-refractivity contribution in [3.05, 3.63) is 117 Å². The Morgan fingerprint density at radius 1 is 0.923 bits per heavy atom. The number of carbonyl (C=O) groups excluding carboxylic acids is 2. The molecule has 3 aromatic carbocycles. The summed E-state index contributed by atoms with van der Waals surface area (Å²) in [5, 5.41) is 3.40. The van der Waals surface area contributed by atoms with Crippen molar-refractivity contribution in [3.63, 3.8) is 0 Å². The number of para-hydroxylation sites is 1. The Balaban J connectivity index is 1.41. The first-order valence-electron chi connectivity index (χ1n) is 12.9. The third kappa shape index (κ3) is 5.93. The maximum absolute atomic E-state index is 13.8. The summed E-state index contributed by atoms with van der Waals surface area (Å²) < 4.78 is 17.5. The zero-order valence-corrected chi connectivity index (χ0v) is 23.5. The van der Waals surface area contributed by atoms with Gasteiger partial charge in [0.1, 0.15) is 24.7 Å². The molecule has 0 saturated heterocycles. The number of benzene rings is 3. The summed E-state index contributed by atoms with van der Waals surface area (Å²) in [6, 6.07) is 25.0. The van der Waals surface area contributed by atoms with Crippen molar-refractivity contribution in [3.8, 4) is 11.5 Å². The number of ketones is 1. The Morgan fingerprint density at radius 2 is 1.69 bits per heavy atom. The molecule has 5 rings (SSSR count). The second-order valence-corrected chi connectivity index (χ2v) is 10.6. The average Bonchev–Trinajstić information content (AvgIpc) is 2.95. The molecule has 0 radical (unpaired) electrons. The van der Waals surface area contributed by atoms with Gasteiger partial charge in [0.25, 0.3) is 0 Å². The van der Waals surface area contributed by atoms with Crippen molar-refractivity contribution in [2.24, 2.45) is 0 Å². The number of hydrogen-bond donors (Lipinski definition) is 1. The topological polar surface area (TPSA) is 73.9 Å². The van der Waals surface area contributed by atoms with Crippen molar-refractivity contribution >= 4 is 27.7 Å². The van der Waals surface area contributed by atoms with Gasteiger partial charge in [0.15, 0.2) is 5.78 Å². The van der Waals surface area contributed by atoms with E-state index in [1.54, 1.807) is 7.11 Å². The molecule has 2 aliphatic rings. The first-order valence-corrected chi connectivity index (χ1v) is 13.7. The lowest BCUT2D eigenvalue weighted by Crippen LogP contribution is -2.36. The van der Waals surface area contributed by atoms with Gasteiger partial charge < -0.3 is 19.5 Å². The fourth-order valence-electron chi connectivity index (χ4n) is 5.33. The monoisotopic (exact) mass is 587 g/mol. The zero-order chi connectivity index (χ0) is 27.4. The molecule has 0 amide bonds. The summed E-state index contributed by atoms with van der Waals surface area (Å²) in [5.74, 6) is 0.574. The first-order chi connectivity index (χ1) is 18.9. The number of carbonyl (C=O) groups is 2. The largest absolute Gasteiger partial charge is 0.497 e. The van der Waals surface area contributed by atoms with Crippen LogP contribution in [0.5, 0.6) is 11.5 Å². The van der Waals surface area contributed by atoms with Gasteiger partial charge in [0.2, 0.25) is 0 Å². The van der Waals surface area contributed by atoms with E-state index >= 15 is 0 Å². The van der Waals surface area contributed by atoms with Gasteiger partial charge in [-0.1, -0.05) is 58.4 Å². The standard InChI is InChI=1S/C32H30BrNO5/c1-20-29(32(36)39-16-15-38-26-9-4-3-5-10-26)30(22-7-6-8-24(33)17-22)31-27(34-20)18-23(19-28(31)35)21-11-13-25(37-2)14-12-21/h3-14,17,23,30,34H,15-16,18-19H2,1-2H3. The van der Waals surface area contributed by atoms with Crippen LogP contribution < -0.4 is 14.8 Å². The number of hydrogen-bond acceptors (Lipinski definition) is 6. The third-order valence-corrected chi connectivity index (χ3v) is 7.64. The van der Waals surface area contributed by atoms with Crippen LogP contribution in [0.3, 0.4) is 0 Å². The number of methoxy groups -OCH3 is 1. The number of halogens is 1. The molecule has 2 unspecified atom stereocenters. The van der Waals surface area contributed by atoms with Crippen molar-refractivity contribution in [1.82, 2.24) is 5.32 Å². The van der Waals surface area contributed by atoms with Gasteiger partial charge >= 0.3 is 5.97 Å². The lowest BCUT2D eigenvalue weighted by Gasteiger charge is -2.36. The van der Waals surface area contributed by atoms with E-state index in [1.807, 2.05) is 85.8 Å². The third-order valence-electron chi connectivity index (χ3n) is 7.15. The SMILES string of the molecule is COc1ccc(C2CC(=O)C3=C(C2)NC(C)=C(C(=O)OCCOc2ccccc2)C3c2cccc(Br)c2)cc1. The molecule has 1 heterocycles. The van der Waals surface area contributed by atoms with E-state index in [0.29, 0.717) is 35.4 Å². The van der Waals surface area contributed by atoms with Crippen LogP contribution in [-0.4, -0.2) is 32.1 Å². The van der Waals surface area contributed by atoms with E-state index in [2.05, 4.69) is 21.2 Å². The van der Waals surface area contributed by atoms with Gasteiger partial charge in [-0.25, -0.2) is 4.79 Å². The molecule has 0 spiro atoms. The molecule has 0 fully saturated rings. The molecule has 0 aromatic heterocycles. The summed E-state index contributed by atoms with van der Waals surface area (Å²) in [6.45, 7) is 2.19. The van der Waals surface area contributed by atoms with Gasteiger partial charge in [-0.15, -0.1) is 0 Å². The number of esters is 1. The minimum absolute atomic E-state index is 0.0276. The van der Waals surface area contributed by atoms with Crippen molar-refractivity contribution in [2.45, 2.75) is 31.6 Å². The van der Waals surface area contributed by atoms with Gasteiger partial charge in [0, 0.05) is 33.8 Å². The molecular weight excluding hydrogens is 558 g/mol. The highest BCUT2D eigenvalue weighted by Gasteiger charge is 2.41. The Labute approximate surface area is 236 Å². The Hall–Kier alpha value is -3.84.